The van der Waals surface area contributed by atoms with Gasteiger partial charge in [-0.1, -0.05) is 19.1 Å². The van der Waals surface area contributed by atoms with E-state index in [0.29, 0.717) is 29.2 Å². The molecule has 0 saturated carbocycles. The van der Waals surface area contributed by atoms with E-state index < -0.39 is 0 Å². The summed E-state index contributed by atoms with van der Waals surface area (Å²) in [6.45, 7) is 2.60. The smallest absolute Gasteiger partial charge is 0.251 e. The molecule has 2 aromatic carbocycles. The van der Waals surface area contributed by atoms with E-state index in [2.05, 4.69) is 10.6 Å². The fraction of sp³-hybridized carbons (Fsp3) is 0.188. The molecule has 0 unspecified atom stereocenters. The third-order valence-corrected chi connectivity index (χ3v) is 2.99. The third-order valence-electron chi connectivity index (χ3n) is 2.99. The minimum absolute atomic E-state index is 0.166. The molecular weight excluding hydrogens is 269 g/mol. The Balaban J connectivity index is 2.16. The second kappa shape index (κ2) is 6.74. The van der Waals surface area contributed by atoms with E-state index in [1.165, 1.54) is 6.07 Å². The average molecular weight is 287 g/mol. The number of halogens is 1. The first kappa shape index (κ1) is 14.8. The minimum atomic E-state index is -0.360. The summed E-state index contributed by atoms with van der Waals surface area (Å²) in [4.78, 5) is 11.8. The van der Waals surface area contributed by atoms with Crippen molar-refractivity contribution in [3.8, 4) is 0 Å². The predicted molar refractivity (Wildman–Crippen MR) is 83.2 cm³/mol. The molecular formula is C16H18FN3O. The van der Waals surface area contributed by atoms with E-state index >= 15 is 0 Å². The largest absolute Gasteiger partial charge is 0.397 e. The molecule has 4 N–H and O–H groups in total. The number of nitrogens with one attached hydrogen (secondary N) is 2. The lowest BCUT2D eigenvalue weighted by molar-refractivity contribution is 0.0953. The number of benzene rings is 2. The Labute approximate surface area is 123 Å². The fourth-order valence-electron chi connectivity index (χ4n) is 1.87. The number of hydrogen-bond donors (Lipinski definition) is 3. The van der Waals surface area contributed by atoms with E-state index in [1.54, 1.807) is 36.4 Å². The van der Waals surface area contributed by atoms with Crippen LogP contribution in [-0.2, 0) is 0 Å². The van der Waals surface area contributed by atoms with Crippen molar-refractivity contribution in [1.29, 1.82) is 0 Å². The molecule has 4 nitrogen and oxygen atoms in total. The second-order valence-corrected chi connectivity index (χ2v) is 4.66. The van der Waals surface area contributed by atoms with Crippen LogP contribution >= 0.6 is 0 Å². The monoisotopic (exact) mass is 287 g/mol. The van der Waals surface area contributed by atoms with Crippen molar-refractivity contribution in [2.45, 2.75) is 13.3 Å². The van der Waals surface area contributed by atoms with Gasteiger partial charge in [-0.2, -0.15) is 0 Å². The molecule has 2 aromatic rings. The summed E-state index contributed by atoms with van der Waals surface area (Å²) < 4.78 is 13.6. The molecule has 21 heavy (non-hydrogen) atoms. The summed E-state index contributed by atoms with van der Waals surface area (Å²) in [5, 5.41) is 5.70. The van der Waals surface area contributed by atoms with Gasteiger partial charge in [0.25, 0.3) is 5.91 Å². The van der Waals surface area contributed by atoms with Crippen LogP contribution in [0.4, 0.5) is 21.5 Å². The molecule has 5 heteroatoms. The normalized spacial score (nSPS) is 10.2. The van der Waals surface area contributed by atoms with Crippen molar-refractivity contribution < 1.29 is 9.18 Å². The van der Waals surface area contributed by atoms with Crippen molar-refractivity contribution in [3.63, 3.8) is 0 Å². The first-order valence-corrected chi connectivity index (χ1v) is 6.81. The van der Waals surface area contributed by atoms with Crippen LogP contribution in [0.3, 0.4) is 0 Å². The third kappa shape index (κ3) is 3.72. The van der Waals surface area contributed by atoms with E-state index in [1.807, 2.05) is 6.92 Å². The highest BCUT2D eigenvalue weighted by atomic mass is 19.1. The van der Waals surface area contributed by atoms with Crippen LogP contribution in [0.2, 0.25) is 0 Å². The van der Waals surface area contributed by atoms with Crippen LogP contribution in [0.5, 0.6) is 0 Å². The summed E-state index contributed by atoms with van der Waals surface area (Å²) in [7, 11) is 0. The van der Waals surface area contributed by atoms with Crippen LogP contribution in [0.25, 0.3) is 0 Å². The van der Waals surface area contributed by atoms with E-state index in [4.69, 9.17) is 5.73 Å². The summed E-state index contributed by atoms with van der Waals surface area (Å²) in [6.07, 6.45) is 0.869. The fourth-order valence-corrected chi connectivity index (χ4v) is 1.87. The SMILES string of the molecule is CCCNC(=O)c1ccc(Nc2ccccc2F)c(N)c1. The van der Waals surface area contributed by atoms with E-state index in [0.717, 1.165) is 6.42 Å². The number of carbonyl (C=O) groups excluding carboxylic acids is 1. The molecule has 0 aromatic heterocycles. The van der Waals surface area contributed by atoms with Gasteiger partial charge in [-0.3, -0.25) is 4.79 Å². The van der Waals surface area contributed by atoms with Gasteiger partial charge in [0.1, 0.15) is 5.82 Å². The van der Waals surface area contributed by atoms with Crippen LogP contribution in [0.1, 0.15) is 23.7 Å². The molecule has 2 rings (SSSR count). The lowest BCUT2D eigenvalue weighted by Gasteiger charge is -2.11. The van der Waals surface area contributed by atoms with Gasteiger partial charge in [0.2, 0.25) is 0 Å². The number of nitrogen functional groups attached to an aromatic ring is 1. The highest BCUT2D eigenvalue weighted by Gasteiger charge is 2.09. The topological polar surface area (TPSA) is 67.2 Å². The van der Waals surface area contributed by atoms with Gasteiger partial charge in [0.05, 0.1) is 17.1 Å². The molecule has 0 heterocycles. The Bertz CT molecular complexity index is 643. The summed E-state index contributed by atoms with van der Waals surface area (Å²) in [5.74, 6) is -0.525. The molecule has 110 valence electrons. The first-order chi connectivity index (χ1) is 10.1. The standard InChI is InChI=1S/C16H18FN3O/c1-2-9-19-16(21)11-7-8-15(13(18)10-11)20-14-6-4-3-5-12(14)17/h3-8,10,20H,2,9,18H2,1H3,(H,19,21). The van der Waals surface area contributed by atoms with Gasteiger partial charge >= 0.3 is 0 Å². The minimum Gasteiger partial charge on any atom is -0.397 e. The summed E-state index contributed by atoms with van der Waals surface area (Å²) in [5.41, 5.74) is 7.70. The number of nitrogens with two attached hydrogens (primary N) is 1. The number of carbonyl (C=O) groups is 1. The number of para-hydroxylation sites is 1. The zero-order valence-corrected chi connectivity index (χ0v) is 11.8. The molecule has 0 aliphatic carbocycles. The van der Waals surface area contributed by atoms with Crippen molar-refractivity contribution in [3.05, 3.63) is 53.8 Å². The molecule has 0 aliphatic heterocycles. The maximum absolute atomic E-state index is 13.6. The van der Waals surface area contributed by atoms with Gasteiger partial charge in [-0.15, -0.1) is 0 Å². The second-order valence-electron chi connectivity index (χ2n) is 4.66. The Morgan fingerprint density at radius 1 is 1.19 bits per heavy atom. The van der Waals surface area contributed by atoms with Crippen LogP contribution in [0, 0.1) is 5.82 Å². The molecule has 0 saturated heterocycles. The zero-order chi connectivity index (χ0) is 15.2. The van der Waals surface area contributed by atoms with Crippen molar-refractivity contribution in [2.24, 2.45) is 0 Å². The summed E-state index contributed by atoms with van der Waals surface area (Å²) in [6, 6.07) is 11.2. The number of anilines is 3. The first-order valence-electron chi connectivity index (χ1n) is 6.81. The van der Waals surface area contributed by atoms with E-state index in [9.17, 15) is 9.18 Å². The zero-order valence-electron chi connectivity index (χ0n) is 11.8. The number of hydrogen-bond acceptors (Lipinski definition) is 3. The Morgan fingerprint density at radius 2 is 1.95 bits per heavy atom. The number of rotatable bonds is 5. The molecule has 0 spiro atoms. The van der Waals surface area contributed by atoms with Crippen LogP contribution in [0.15, 0.2) is 42.5 Å². The maximum atomic E-state index is 13.6. The quantitative estimate of drug-likeness (QED) is 0.739. The Hall–Kier alpha value is -2.56. The molecule has 0 radical (unpaired) electrons. The van der Waals surface area contributed by atoms with Gasteiger partial charge in [0.15, 0.2) is 0 Å². The van der Waals surface area contributed by atoms with Gasteiger partial charge in [-0.25, -0.2) is 4.39 Å². The Morgan fingerprint density at radius 3 is 2.62 bits per heavy atom. The highest BCUT2D eigenvalue weighted by Crippen LogP contribution is 2.25. The van der Waals surface area contributed by atoms with Crippen LogP contribution < -0.4 is 16.4 Å². The molecule has 0 bridgehead atoms. The van der Waals surface area contributed by atoms with Crippen molar-refractivity contribution >= 4 is 23.0 Å². The molecule has 0 fully saturated rings. The van der Waals surface area contributed by atoms with Gasteiger partial charge in [-0.05, 0) is 36.8 Å². The highest BCUT2D eigenvalue weighted by molar-refractivity contribution is 5.96. The lowest BCUT2D eigenvalue weighted by atomic mass is 10.1. The van der Waals surface area contributed by atoms with Crippen molar-refractivity contribution in [1.82, 2.24) is 5.32 Å². The average Bonchev–Trinajstić information content (AvgIpc) is 2.49. The molecule has 0 aliphatic rings. The number of amides is 1. The molecule has 1 amide bonds. The predicted octanol–water partition coefficient (Wildman–Crippen LogP) is 3.29. The Kier molecular flexibility index (Phi) is 4.77. The lowest BCUT2D eigenvalue weighted by Crippen LogP contribution is -2.24. The van der Waals surface area contributed by atoms with Crippen LogP contribution in [-0.4, -0.2) is 12.5 Å². The summed E-state index contributed by atoms with van der Waals surface area (Å²) >= 11 is 0. The maximum Gasteiger partial charge on any atom is 0.251 e. The molecule has 0 atom stereocenters. The van der Waals surface area contributed by atoms with Crippen molar-refractivity contribution in [2.75, 3.05) is 17.6 Å². The van der Waals surface area contributed by atoms with Gasteiger partial charge < -0.3 is 16.4 Å². The van der Waals surface area contributed by atoms with Gasteiger partial charge in [0, 0.05) is 12.1 Å². The van der Waals surface area contributed by atoms with E-state index in [-0.39, 0.29) is 11.7 Å².